The van der Waals surface area contributed by atoms with Gasteiger partial charge in [0.05, 0.1) is 6.04 Å². The number of rotatable bonds is 6. The molecule has 5 rings (SSSR count). The molecule has 1 heterocycles. The largest absolute Gasteiger partial charge is 0.349 e. The first kappa shape index (κ1) is 28.0. The first-order chi connectivity index (χ1) is 17.7. The third-order valence-corrected chi connectivity index (χ3v) is 13.8. The minimum atomic E-state index is -4.25. The van der Waals surface area contributed by atoms with Gasteiger partial charge in [-0.2, -0.15) is 8.42 Å². The van der Waals surface area contributed by atoms with E-state index in [1.54, 1.807) is 6.07 Å². The summed E-state index contributed by atoms with van der Waals surface area (Å²) in [7, 11) is -4.25. The standard InChI is InChI=1S/C29H41NO6S2/c1-16(13-25(33)30-17(2)24-7-8-26(37-24)38(34,35)36)20-5-6-21-27-22(10-12-29(20,21)4)28(3)11-9-19(31)14-18(28)15-23(27)32/h7-8,16-18,20-22,27H,5-6,9-15H2,1-4H3,(H,30,33)(H,34,35,36)/t16-,17?,18+,20-,21+,22+,27+,28+,29-/m1/s1. The summed E-state index contributed by atoms with van der Waals surface area (Å²) in [5.41, 5.74) is 0.124. The average molecular weight is 564 g/mol. The molecule has 4 aliphatic carbocycles. The highest BCUT2D eigenvalue weighted by atomic mass is 32.3. The lowest BCUT2D eigenvalue weighted by molar-refractivity contribution is -0.159. The fraction of sp³-hybridized carbons (Fsp3) is 0.759. The molecule has 0 saturated heterocycles. The molecule has 0 aliphatic heterocycles. The van der Waals surface area contributed by atoms with Gasteiger partial charge in [-0.05, 0) is 91.6 Å². The molecule has 38 heavy (non-hydrogen) atoms. The van der Waals surface area contributed by atoms with Crippen molar-refractivity contribution in [3.63, 3.8) is 0 Å². The summed E-state index contributed by atoms with van der Waals surface area (Å²) >= 11 is 0.963. The maximum atomic E-state index is 13.6. The minimum absolute atomic E-state index is 0.0357. The Labute approximate surface area is 230 Å². The van der Waals surface area contributed by atoms with Crippen molar-refractivity contribution in [3.8, 4) is 0 Å². The molecule has 0 radical (unpaired) electrons. The molecule has 9 heteroatoms. The average Bonchev–Trinajstić information content (AvgIpc) is 3.45. The molecule has 210 valence electrons. The molecule has 2 N–H and O–H groups in total. The van der Waals surface area contributed by atoms with Gasteiger partial charge in [-0.25, -0.2) is 0 Å². The van der Waals surface area contributed by atoms with Gasteiger partial charge in [-0.1, -0.05) is 20.8 Å². The van der Waals surface area contributed by atoms with Gasteiger partial charge >= 0.3 is 10.1 Å². The van der Waals surface area contributed by atoms with Gasteiger partial charge < -0.3 is 5.32 Å². The number of nitrogens with one attached hydrogen (secondary N) is 1. The zero-order valence-electron chi connectivity index (χ0n) is 22.9. The topological polar surface area (TPSA) is 118 Å². The van der Waals surface area contributed by atoms with Crippen molar-refractivity contribution in [1.29, 1.82) is 0 Å². The number of carbonyl (C=O) groups is 3. The summed E-state index contributed by atoms with van der Waals surface area (Å²) in [4.78, 5) is 39.4. The maximum absolute atomic E-state index is 13.6. The number of Topliss-reactive ketones (excluding diaryl/α,β-unsaturated/α-hetero) is 2. The number of ketones is 2. The number of hydrogen-bond acceptors (Lipinski definition) is 6. The van der Waals surface area contributed by atoms with Crippen LogP contribution in [0, 0.1) is 46.3 Å². The van der Waals surface area contributed by atoms with Crippen molar-refractivity contribution >= 4 is 38.9 Å². The summed E-state index contributed by atoms with van der Waals surface area (Å²) in [5.74, 6) is 2.19. The predicted octanol–water partition coefficient (Wildman–Crippen LogP) is 5.61. The van der Waals surface area contributed by atoms with E-state index >= 15 is 0 Å². The molecule has 0 aromatic carbocycles. The van der Waals surface area contributed by atoms with E-state index in [1.807, 2.05) is 6.92 Å². The van der Waals surface area contributed by atoms with Crippen LogP contribution >= 0.6 is 11.3 Å². The third kappa shape index (κ3) is 4.70. The van der Waals surface area contributed by atoms with Crippen molar-refractivity contribution < 1.29 is 27.4 Å². The monoisotopic (exact) mass is 563 g/mol. The second kappa shape index (κ2) is 9.81. The van der Waals surface area contributed by atoms with Crippen molar-refractivity contribution in [2.24, 2.45) is 46.3 Å². The molecule has 7 nitrogen and oxygen atoms in total. The summed E-state index contributed by atoms with van der Waals surface area (Å²) in [6.45, 7) is 8.68. The lowest BCUT2D eigenvalue weighted by atomic mass is 9.44. The van der Waals surface area contributed by atoms with Crippen LogP contribution in [0.5, 0.6) is 0 Å². The Balaban J connectivity index is 1.25. The Kier molecular flexibility index (Phi) is 7.22. The zero-order chi connectivity index (χ0) is 27.6. The number of fused-ring (bicyclic) bond motifs is 5. The Bertz CT molecular complexity index is 1240. The molecule has 1 amide bonds. The van der Waals surface area contributed by atoms with Crippen LogP contribution in [0.4, 0.5) is 0 Å². The van der Waals surface area contributed by atoms with E-state index < -0.39 is 10.1 Å². The lowest BCUT2D eigenvalue weighted by Gasteiger charge is -2.59. The smallest absolute Gasteiger partial charge is 0.304 e. The normalized spacial score (nSPS) is 38.6. The molecule has 4 fully saturated rings. The molecule has 4 saturated carbocycles. The quantitative estimate of drug-likeness (QED) is 0.435. The Morgan fingerprint density at radius 3 is 2.47 bits per heavy atom. The van der Waals surface area contributed by atoms with Crippen molar-refractivity contribution in [3.05, 3.63) is 17.0 Å². The van der Waals surface area contributed by atoms with Crippen LogP contribution in [-0.4, -0.2) is 30.4 Å². The second-order valence-electron chi connectivity index (χ2n) is 13.2. The van der Waals surface area contributed by atoms with Crippen molar-refractivity contribution in [2.45, 2.75) is 95.7 Å². The lowest BCUT2D eigenvalue weighted by Crippen LogP contribution is -2.57. The molecule has 0 spiro atoms. The number of carbonyl (C=O) groups excluding carboxylic acids is 3. The number of amides is 1. The van der Waals surface area contributed by atoms with E-state index in [4.69, 9.17) is 0 Å². The zero-order valence-corrected chi connectivity index (χ0v) is 24.5. The van der Waals surface area contributed by atoms with Crippen molar-refractivity contribution in [2.75, 3.05) is 0 Å². The van der Waals surface area contributed by atoms with E-state index in [0.29, 0.717) is 59.9 Å². The van der Waals surface area contributed by atoms with E-state index in [0.717, 1.165) is 43.4 Å². The van der Waals surface area contributed by atoms with Gasteiger partial charge in [-0.15, -0.1) is 11.3 Å². The van der Waals surface area contributed by atoms with Crippen LogP contribution in [0.1, 0.15) is 96.4 Å². The molecular formula is C29H41NO6S2. The van der Waals surface area contributed by atoms with Crippen LogP contribution in [-0.2, 0) is 24.5 Å². The summed E-state index contributed by atoms with van der Waals surface area (Å²) in [5, 5.41) is 3.01. The Hall–Kier alpha value is -1.58. The Morgan fingerprint density at radius 2 is 1.79 bits per heavy atom. The van der Waals surface area contributed by atoms with Crippen LogP contribution in [0.15, 0.2) is 16.3 Å². The molecule has 1 unspecified atom stereocenters. The van der Waals surface area contributed by atoms with E-state index in [1.165, 1.54) is 6.07 Å². The third-order valence-electron chi connectivity index (χ3n) is 11.2. The fourth-order valence-corrected chi connectivity index (χ4v) is 10.9. The van der Waals surface area contributed by atoms with Crippen LogP contribution in [0.2, 0.25) is 0 Å². The predicted molar refractivity (Wildman–Crippen MR) is 145 cm³/mol. The van der Waals surface area contributed by atoms with E-state index in [2.05, 4.69) is 26.1 Å². The van der Waals surface area contributed by atoms with Gasteiger partial charge in [0, 0.05) is 36.5 Å². The van der Waals surface area contributed by atoms with Gasteiger partial charge in [0.25, 0.3) is 0 Å². The highest BCUT2D eigenvalue weighted by Crippen LogP contribution is 2.67. The molecule has 4 aliphatic rings. The maximum Gasteiger partial charge on any atom is 0.304 e. The first-order valence-corrected chi connectivity index (χ1v) is 16.4. The summed E-state index contributed by atoms with van der Waals surface area (Å²) in [6.07, 6.45) is 7.26. The fourth-order valence-electron chi connectivity index (χ4n) is 9.21. The second-order valence-corrected chi connectivity index (χ2v) is 15.9. The van der Waals surface area contributed by atoms with Crippen molar-refractivity contribution in [1.82, 2.24) is 5.32 Å². The van der Waals surface area contributed by atoms with Crippen LogP contribution in [0.3, 0.4) is 0 Å². The van der Waals surface area contributed by atoms with Gasteiger partial charge in [-0.3, -0.25) is 18.9 Å². The van der Waals surface area contributed by atoms with Gasteiger partial charge in [0.1, 0.15) is 15.8 Å². The molecular weight excluding hydrogens is 522 g/mol. The van der Waals surface area contributed by atoms with E-state index in [9.17, 15) is 27.4 Å². The number of thiophene rings is 1. The molecule has 9 atom stereocenters. The minimum Gasteiger partial charge on any atom is -0.349 e. The highest BCUT2D eigenvalue weighted by Gasteiger charge is 2.63. The summed E-state index contributed by atoms with van der Waals surface area (Å²) < 4.78 is 31.9. The highest BCUT2D eigenvalue weighted by molar-refractivity contribution is 7.88. The SMILES string of the molecule is CC(NC(=O)C[C@@H](C)[C@H]1CC[C@H]2[C@@H]3C(=O)C[C@@H]4CC(=O)CC[C@]4(C)[C@H]3CC[C@]12C)c1ccc(S(=O)(=O)O)s1. The molecule has 1 aromatic heterocycles. The molecule has 1 aromatic rings. The summed E-state index contributed by atoms with van der Waals surface area (Å²) in [6, 6.07) is 2.63. The first-order valence-electron chi connectivity index (χ1n) is 14.1. The van der Waals surface area contributed by atoms with Gasteiger partial charge in [0.15, 0.2) is 0 Å². The molecule has 0 bridgehead atoms. The van der Waals surface area contributed by atoms with Crippen LogP contribution < -0.4 is 5.32 Å². The van der Waals surface area contributed by atoms with Gasteiger partial charge in [0.2, 0.25) is 5.91 Å². The van der Waals surface area contributed by atoms with E-state index in [-0.39, 0.29) is 44.7 Å². The Morgan fingerprint density at radius 1 is 1.08 bits per heavy atom. The number of hydrogen-bond donors (Lipinski definition) is 2. The van der Waals surface area contributed by atoms with Crippen LogP contribution in [0.25, 0.3) is 0 Å².